The fourth-order valence-corrected chi connectivity index (χ4v) is 4.84. The third-order valence-corrected chi connectivity index (χ3v) is 7.13. The molecule has 4 aromatic carbocycles. The summed E-state index contributed by atoms with van der Waals surface area (Å²) in [6, 6.07) is 13.7. The zero-order valence-electron chi connectivity index (χ0n) is 24.9. The monoisotopic (exact) mass is 699 g/mol. The molecule has 0 spiro atoms. The summed E-state index contributed by atoms with van der Waals surface area (Å²) in [4.78, 5) is 25.5. The number of hydrogen-bond donors (Lipinski definition) is 1. The van der Waals surface area contributed by atoms with Crippen molar-refractivity contribution < 1.29 is 63.0 Å². The Morgan fingerprint density at radius 3 is 2.12 bits per heavy atom. The first kappa shape index (κ1) is 36.5. The molecule has 1 N–H and O–H groups in total. The number of halogens is 10. The second kappa shape index (κ2) is 14.4. The molecule has 0 radical (unpaired) electrons. The number of hydrogen-bond acceptors (Lipinski definition) is 4. The van der Waals surface area contributed by atoms with E-state index in [2.05, 4.69) is 14.8 Å². The van der Waals surface area contributed by atoms with E-state index >= 15 is 4.39 Å². The lowest BCUT2D eigenvalue weighted by Gasteiger charge is -2.37. The molecule has 0 aromatic heterocycles. The van der Waals surface area contributed by atoms with Crippen LogP contribution in [0.4, 0.5) is 43.9 Å². The number of rotatable bonds is 11. The molecular formula is C34H23F10NO4. The molecule has 0 aliphatic rings. The van der Waals surface area contributed by atoms with E-state index in [1.807, 2.05) is 0 Å². The number of ether oxygens (including phenoxy) is 2. The van der Waals surface area contributed by atoms with Gasteiger partial charge < -0.3 is 14.8 Å². The van der Waals surface area contributed by atoms with Crippen molar-refractivity contribution in [1.82, 2.24) is 5.32 Å². The fourth-order valence-electron chi connectivity index (χ4n) is 4.84. The quantitative estimate of drug-likeness (QED) is 0.0970. The maximum Gasteiger partial charge on any atom is 0.461 e. The third-order valence-electron chi connectivity index (χ3n) is 7.13. The van der Waals surface area contributed by atoms with Gasteiger partial charge in [0.15, 0.2) is 0 Å². The molecule has 0 saturated heterocycles. The van der Waals surface area contributed by atoms with E-state index in [1.165, 1.54) is 24.3 Å². The summed E-state index contributed by atoms with van der Waals surface area (Å²) in [5, 5.41) is 2.46. The van der Waals surface area contributed by atoms with Crippen LogP contribution >= 0.6 is 0 Å². The Balaban J connectivity index is 2.04. The van der Waals surface area contributed by atoms with E-state index < -0.39 is 82.4 Å². The lowest BCUT2D eigenvalue weighted by molar-refractivity contribution is -0.253. The first-order valence-corrected chi connectivity index (χ1v) is 13.9. The Bertz CT molecular complexity index is 1860. The van der Waals surface area contributed by atoms with Crippen molar-refractivity contribution in [3.05, 3.63) is 142 Å². The third kappa shape index (κ3) is 8.58. The maximum atomic E-state index is 15.2. The lowest BCUT2D eigenvalue weighted by atomic mass is 9.77. The molecule has 1 atom stereocenters. The number of amides is 1. The first-order chi connectivity index (χ1) is 22.9. The highest BCUT2D eigenvalue weighted by atomic mass is 19.4. The van der Waals surface area contributed by atoms with Crippen LogP contribution in [0.15, 0.2) is 91.0 Å². The molecule has 0 aliphatic carbocycles. The molecule has 4 rings (SSSR count). The summed E-state index contributed by atoms with van der Waals surface area (Å²) in [6.45, 7) is 0. The minimum absolute atomic E-state index is 0.161. The van der Waals surface area contributed by atoms with Crippen LogP contribution in [-0.4, -0.2) is 31.5 Å². The van der Waals surface area contributed by atoms with Crippen LogP contribution < -0.4 is 10.1 Å². The van der Waals surface area contributed by atoms with Gasteiger partial charge in [-0.15, -0.1) is 0 Å². The second-order valence-corrected chi connectivity index (χ2v) is 10.4. The van der Waals surface area contributed by atoms with E-state index in [0.717, 1.165) is 37.5 Å². The van der Waals surface area contributed by atoms with Crippen LogP contribution in [0.3, 0.4) is 0 Å². The normalized spacial score (nSPS) is 13.3. The van der Waals surface area contributed by atoms with Crippen molar-refractivity contribution in [3.63, 3.8) is 0 Å². The predicted octanol–water partition coefficient (Wildman–Crippen LogP) is 8.46. The Labute approximate surface area is 271 Å². The van der Waals surface area contributed by atoms with Gasteiger partial charge in [-0.1, -0.05) is 36.4 Å². The van der Waals surface area contributed by atoms with Crippen LogP contribution in [0.2, 0.25) is 0 Å². The highest BCUT2D eigenvalue weighted by molar-refractivity contribution is 5.95. The topological polar surface area (TPSA) is 64.6 Å². The van der Waals surface area contributed by atoms with E-state index in [4.69, 9.17) is 0 Å². The van der Waals surface area contributed by atoms with Crippen molar-refractivity contribution in [2.75, 3.05) is 7.11 Å². The molecule has 258 valence electrons. The van der Waals surface area contributed by atoms with Gasteiger partial charge in [-0.2, -0.15) is 30.7 Å². The van der Waals surface area contributed by atoms with Crippen LogP contribution in [0.1, 0.15) is 38.2 Å². The number of nitrogens with one attached hydrogen (secondary N) is 1. The average Bonchev–Trinajstić information content (AvgIpc) is 3.03. The van der Waals surface area contributed by atoms with Crippen molar-refractivity contribution in [2.24, 2.45) is 0 Å². The smallest absolute Gasteiger partial charge is 0.461 e. The highest BCUT2D eigenvalue weighted by Gasteiger charge is 2.45. The summed E-state index contributed by atoms with van der Waals surface area (Å²) >= 11 is 0. The zero-order valence-corrected chi connectivity index (χ0v) is 24.9. The molecule has 4 aromatic rings. The molecule has 0 aliphatic heterocycles. The number of methoxy groups -OCH3 is 1. The Morgan fingerprint density at radius 1 is 0.816 bits per heavy atom. The summed E-state index contributed by atoms with van der Waals surface area (Å²) < 4.78 is 147. The van der Waals surface area contributed by atoms with E-state index in [0.29, 0.717) is 35.9 Å². The van der Waals surface area contributed by atoms with Crippen LogP contribution in [0.25, 0.3) is 6.08 Å². The second-order valence-electron chi connectivity index (χ2n) is 10.4. The summed E-state index contributed by atoms with van der Waals surface area (Å²) in [7, 11) is 1.04. The van der Waals surface area contributed by atoms with Crippen molar-refractivity contribution in [3.8, 4) is 5.75 Å². The molecule has 0 saturated carbocycles. The molecule has 49 heavy (non-hydrogen) atoms. The number of benzene rings is 4. The first-order valence-electron chi connectivity index (χ1n) is 13.9. The van der Waals surface area contributed by atoms with Crippen LogP contribution in [0.5, 0.6) is 5.75 Å². The summed E-state index contributed by atoms with van der Waals surface area (Å²) in [6.07, 6.45) is -13.3. The van der Waals surface area contributed by atoms with Gasteiger partial charge in [0.2, 0.25) is 0 Å². The lowest BCUT2D eigenvalue weighted by Crippen LogP contribution is -2.49. The van der Waals surface area contributed by atoms with Gasteiger partial charge in [-0.3, -0.25) is 4.79 Å². The summed E-state index contributed by atoms with van der Waals surface area (Å²) in [5.41, 5.74) is -5.43. The van der Waals surface area contributed by atoms with E-state index in [-0.39, 0.29) is 17.2 Å². The SMILES string of the molecule is COC(=O)C=Cc1cc([C@@](Cc2ccccc2)(NC(=O)c2ccc(F)c(C(F)(F)F)c2)c2cc(F)cc(OC(F)(F)C(F)F)c2)ccc1F. The fraction of sp³-hybridized carbons (Fsp3) is 0.176. The molecule has 0 unspecified atom stereocenters. The Kier molecular flexibility index (Phi) is 10.7. The number of esters is 1. The van der Waals surface area contributed by atoms with Crippen molar-refractivity contribution in [1.29, 1.82) is 0 Å². The van der Waals surface area contributed by atoms with E-state index in [9.17, 15) is 49.1 Å². The van der Waals surface area contributed by atoms with Crippen molar-refractivity contribution >= 4 is 18.0 Å². The van der Waals surface area contributed by atoms with Crippen LogP contribution in [0, 0.1) is 17.5 Å². The van der Waals surface area contributed by atoms with Gasteiger partial charge in [-0.25, -0.2) is 18.0 Å². The number of carbonyl (C=O) groups is 2. The molecule has 1 amide bonds. The average molecular weight is 700 g/mol. The number of carbonyl (C=O) groups excluding carboxylic acids is 2. The van der Waals surface area contributed by atoms with Gasteiger partial charge in [0, 0.05) is 29.7 Å². The summed E-state index contributed by atoms with van der Waals surface area (Å²) in [5.74, 6) is -7.34. The molecule has 5 nitrogen and oxygen atoms in total. The zero-order chi connectivity index (χ0) is 36.1. The van der Waals surface area contributed by atoms with Crippen LogP contribution in [-0.2, 0) is 27.7 Å². The van der Waals surface area contributed by atoms with E-state index in [1.54, 1.807) is 6.07 Å². The molecule has 0 heterocycles. The standard InChI is InChI=1S/C34H23F10NO4/c1-48-29(46)12-8-20-13-22(9-11-27(20)36)32(18-19-5-3-2-4-6-19,23-15-24(35)17-25(16-23)49-34(43,44)31(38)39)45-30(47)21-7-10-28(37)26(14-21)33(40,41)42/h2-17,31H,18H2,1H3,(H,45,47)/t32-/m1/s1. The minimum atomic E-state index is -5.23. The molecular weight excluding hydrogens is 676 g/mol. The van der Waals surface area contributed by atoms with Gasteiger partial charge in [0.05, 0.1) is 18.2 Å². The van der Waals surface area contributed by atoms with Gasteiger partial charge in [0.25, 0.3) is 5.91 Å². The predicted molar refractivity (Wildman–Crippen MR) is 155 cm³/mol. The maximum absolute atomic E-state index is 15.2. The molecule has 0 fully saturated rings. The van der Waals surface area contributed by atoms with Gasteiger partial charge in [-0.05, 0) is 65.2 Å². The number of alkyl halides is 7. The minimum Gasteiger partial charge on any atom is -0.466 e. The largest absolute Gasteiger partial charge is 0.466 e. The van der Waals surface area contributed by atoms with Gasteiger partial charge in [0.1, 0.15) is 23.2 Å². The molecule has 0 bridgehead atoms. The highest BCUT2D eigenvalue weighted by Crippen LogP contribution is 2.39. The van der Waals surface area contributed by atoms with Gasteiger partial charge >= 0.3 is 24.7 Å². The Hall–Kier alpha value is -5.34. The Morgan fingerprint density at radius 2 is 1.49 bits per heavy atom. The molecule has 15 heteroatoms. The van der Waals surface area contributed by atoms with Crippen molar-refractivity contribution in [2.45, 2.75) is 30.7 Å².